The van der Waals surface area contributed by atoms with Gasteiger partial charge < -0.3 is 14.9 Å². The summed E-state index contributed by atoms with van der Waals surface area (Å²) in [5.41, 5.74) is 6.78. The van der Waals surface area contributed by atoms with E-state index in [2.05, 4.69) is 82.3 Å². The van der Waals surface area contributed by atoms with Crippen molar-refractivity contribution in [2.75, 3.05) is 20.1 Å². The number of hydrogen-bond acceptors (Lipinski definition) is 3. The fourth-order valence-corrected chi connectivity index (χ4v) is 5.40. The summed E-state index contributed by atoms with van der Waals surface area (Å²) in [7, 11) is 2.15. The lowest BCUT2D eigenvalue weighted by molar-refractivity contribution is 0.144. The zero-order chi connectivity index (χ0) is 29.3. The van der Waals surface area contributed by atoms with Crippen LogP contribution in [0.5, 0.6) is 5.75 Å². The van der Waals surface area contributed by atoms with Crippen LogP contribution in [0.15, 0.2) is 36.5 Å². The van der Waals surface area contributed by atoms with Gasteiger partial charge >= 0.3 is 0 Å². The smallest absolute Gasteiger partial charge is 0.133 e. The fraction of sp³-hybridized carbons (Fsp3) is 0.600. The number of phenolic OH excluding ortho intramolecular Hbond substituents is 1. The highest BCUT2D eigenvalue weighted by Gasteiger charge is 2.26. The lowest BCUT2D eigenvalue weighted by atomic mass is 9.93. The Kier molecular flexibility index (Phi) is 13.0. The molecule has 0 spiro atoms. The maximum Gasteiger partial charge on any atom is 0.133 e. The quantitative estimate of drug-likeness (QED) is 0.327. The van der Waals surface area contributed by atoms with Gasteiger partial charge in [0, 0.05) is 29.4 Å². The van der Waals surface area contributed by atoms with Gasteiger partial charge in [-0.05, 0) is 107 Å². The summed E-state index contributed by atoms with van der Waals surface area (Å²) < 4.78 is 14.6. The van der Waals surface area contributed by atoms with Crippen LogP contribution in [0.1, 0.15) is 107 Å². The van der Waals surface area contributed by atoms with Crippen molar-refractivity contribution in [3.63, 3.8) is 0 Å². The van der Waals surface area contributed by atoms with E-state index in [0.717, 1.165) is 60.7 Å². The van der Waals surface area contributed by atoms with Crippen molar-refractivity contribution in [3.8, 4) is 5.75 Å². The number of aryl methyl sites for hydroxylation is 1. The van der Waals surface area contributed by atoms with Crippen LogP contribution in [0.4, 0.5) is 4.39 Å². The van der Waals surface area contributed by atoms with Crippen LogP contribution < -0.4 is 0 Å². The molecule has 0 aliphatic carbocycles. The van der Waals surface area contributed by atoms with Crippen molar-refractivity contribution in [2.45, 2.75) is 112 Å². The second-order valence-corrected chi connectivity index (χ2v) is 12.3. The van der Waals surface area contributed by atoms with Gasteiger partial charge in [-0.25, -0.2) is 4.39 Å². The molecule has 1 fully saturated rings. The number of benzene rings is 2. The first-order valence-electron chi connectivity index (χ1n) is 15.1. The van der Waals surface area contributed by atoms with E-state index in [1.54, 1.807) is 6.92 Å². The molecule has 1 N–H and O–H groups in total. The van der Waals surface area contributed by atoms with Crippen molar-refractivity contribution >= 4 is 0 Å². The number of nitrogens with zero attached hydrogens (tertiary/aromatic N) is 2. The Labute approximate surface area is 239 Å². The Bertz CT molecular complexity index is 1050. The number of piperidine rings is 1. The molecule has 1 heterocycles. The number of aromatic hydroxyl groups is 1. The predicted molar refractivity (Wildman–Crippen MR) is 166 cm³/mol. The van der Waals surface area contributed by atoms with Gasteiger partial charge in [0.15, 0.2) is 0 Å². The minimum Gasteiger partial charge on any atom is -0.507 e. The van der Waals surface area contributed by atoms with Gasteiger partial charge in [0.2, 0.25) is 0 Å². The molecule has 0 aromatic heterocycles. The number of likely N-dealkylation sites (tertiary alicyclic amines) is 1. The van der Waals surface area contributed by atoms with Crippen molar-refractivity contribution in [1.29, 1.82) is 0 Å². The average Bonchev–Trinajstić information content (AvgIpc) is 2.90. The molecule has 0 unspecified atom stereocenters. The third-order valence-corrected chi connectivity index (χ3v) is 8.24. The van der Waals surface area contributed by atoms with Gasteiger partial charge in [-0.3, -0.25) is 0 Å². The molecule has 2 aromatic rings. The Hall–Kier alpha value is -2.33. The summed E-state index contributed by atoms with van der Waals surface area (Å²) in [6.07, 6.45) is 6.28. The summed E-state index contributed by atoms with van der Waals surface area (Å²) in [5.74, 6) is 1.31. The molecule has 39 heavy (non-hydrogen) atoms. The maximum atomic E-state index is 14.6. The zero-order valence-electron chi connectivity index (χ0n) is 26.3. The summed E-state index contributed by atoms with van der Waals surface area (Å²) >= 11 is 0. The first kappa shape index (κ1) is 32.9. The number of halogens is 1. The standard InChI is InChI=1S/C21H33FN2O.C14H22/c1-7-8-18-15(4)19(21(25)16(5)20(18)22)13-24(14(2)3)17-9-11-23(6)12-10-17;1-11(2)5-6-13-7-9-14(10-8-13)12(3)4/h17,25H,2,7-13H2,1,3-6H3;7-12H,5-6H2,1-4H3. The van der Waals surface area contributed by atoms with E-state index in [4.69, 9.17) is 0 Å². The molecule has 1 saturated heterocycles. The van der Waals surface area contributed by atoms with E-state index in [1.807, 2.05) is 13.8 Å². The number of allylic oxidation sites excluding steroid dienone is 1. The monoisotopic (exact) mass is 538 g/mol. The van der Waals surface area contributed by atoms with Crippen LogP contribution >= 0.6 is 0 Å². The predicted octanol–water partition coefficient (Wildman–Crippen LogP) is 8.93. The summed E-state index contributed by atoms with van der Waals surface area (Å²) in [5, 5.41) is 10.6. The minimum absolute atomic E-state index is 0.106. The van der Waals surface area contributed by atoms with E-state index in [9.17, 15) is 9.50 Å². The topological polar surface area (TPSA) is 26.7 Å². The van der Waals surface area contributed by atoms with Crippen LogP contribution in [-0.4, -0.2) is 41.1 Å². The van der Waals surface area contributed by atoms with Gasteiger partial charge in [-0.2, -0.15) is 0 Å². The highest BCUT2D eigenvalue weighted by atomic mass is 19.1. The van der Waals surface area contributed by atoms with Crippen molar-refractivity contribution in [3.05, 3.63) is 75.7 Å². The Morgan fingerprint density at radius 2 is 1.62 bits per heavy atom. The highest BCUT2D eigenvalue weighted by molar-refractivity contribution is 5.50. The third-order valence-electron chi connectivity index (χ3n) is 8.24. The molecule has 1 aliphatic heterocycles. The van der Waals surface area contributed by atoms with Crippen LogP contribution in [-0.2, 0) is 19.4 Å². The molecule has 0 radical (unpaired) electrons. The molecule has 0 atom stereocenters. The number of hydrogen-bond donors (Lipinski definition) is 1. The second-order valence-electron chi connectivity index (χ2n) is 12.3. The molecule has 0 saturated carbocycles. The van der Waals surface area contributed by atoms with Gasteiger partial charge in [-0.15, -0.1) is 0 Å². The minimum atomic E-state index is -0.248. The van der Waals surface area contributed by atoms with E-state index in [0.29, 0.717) is 30.5 Å². The number of rotatable bonds is 10. The molecule has 0 amide bonds. The van der Waals surface area contributed by atoms with Gasteiger partial charge in [0.05, 0.1) is 0 Å². The van der Waals surface area contributed by atoms with Crippen LogP contribution in [0.3, 0.4) is 0 Å². The average molecular weight is 539 g/mol. The Morgan fingerprint density at radius 3 is 2.10 bits per heavy atom. The van der Waals surface area contributed by atoms with Crippen molar-refractivity contribution < 1.29 is 9.50 Å². The lowest BCUT2D eigenvalue weighted by Crippen LogP contribution is -2.42. The first-order valence-corrected chi connectivity index (χ1v) is 15.1. The fourth-order valence-electron chi connectivity index (χ4n) is 5.40. The van der Waals surface area contributed by atoms with Crippen LogP contribution in [0.2, 0.25) is 0 Å². The van der Waals surface area contributed by atoms with Crippen molar-refractivity contribution in [2.24, 2.45) is 5.92 Å². The summed E-state index contributed by atoms with van der Waals surface area (Å²) in [6.45, 7) is 23.6. The summed E-state index contributed by atoms with van der Waals surface area (Å²) in [6, 6.07) is 9.50. The second kappa shape index (κ2) is 15.5. The van der Waals surface area contributed by atoms with E-state index >= 15 is 0 Å². The Balaban J connectivity index is 0.000000322. The van der Waals surface area contributed by atoms with Gasteiger partial charge in [0.25, 0.3) is 0 Å². The molecule has 1 aliphatic rings. The molecule has 4 heteroatoms. The van der Waals surface area contributed by atoms with Crippen LogP contribution in [0.25, 0.3) is 0 Å². The molecular weight excluding hydrogens is 483 g/mol. The van der Waals surface area contributed by atoms with E-state index < -0.39 is 0 Å². The maximum absolute atomic E-state index is 14.6. The molecular formula is C35H55FN2O. The van der Waals surface area contributed by atoms with E-state index in [1.165, 1.54) is 24.0 Å². The SMILES string of the molecule is C=C(C)N(Cc1c(C)c(CCC)c(F)c(C)c1O)C1CCN(C)CC1.CC(C)CCc1ccc(C(C)C)cc1. The van der Waals surface area contributed by atoms with Gasteiger partial charge in [-0.1, -0.05) is 71.9 Å². The lowest BCUT2D eigenvalue weighted by Gasteiger charge is -2.39. The molecule has 2 aromatic carbocycles. The molecule has 0 bridgehead atoms. The molecule has 218 valence electrons. The largest absolute Gasteiger partial charge is 0.507 e. The van der Waals surface area contributed by atoms with Crippen LogP contribution in [0, 0.1) is 25.6 Å². The molecule has 3 rings (SSSR count). The zero-order valence-corrected chi connectivity index (χ0v) is 26.3. The van der Waals surface area contributed by atoms with Gasteiger partial charge in [0.1, 0.15) is 11.6 Å². The molecule has 3 nitrogen and oxygen atoms in total. The third kappa shape index (κ3) is 9.38. The van der Waals surface area contributed by atoms with Crippen molar-refractivity contribution in [1.82, 2.24) is 9.80 Å². The normalized spacial score (nSPS) is 14.5. The first-order chi connectivity index (χ1) is 18.4. The summed E-state index contributed by atoms with van der Waals surface area (Å²) in [4.78, 5) is 4.64. The van der Waals surface area contributed by atoms with E-state index in [-0.39, 0.29) is 11.6 Å². The highest BCUT2D eigenvalue weighted by Crippen LogP contribution is 2.35. The Morgan fingerprint density at radius 1 is 1.03 bits per heavy atom. The number of phenols is 1.